The molecule has 0 aliphatic heterocycles. The fourth-order valence-corrected chi connectivity index (χ4v) is 4.96. The Hall–Kier alpha value is -2.61. The van der Waals surface area contributed by atoms with Crippen LogP contribution in [0.25, 0.3) is 11.3 Å². The lowest BCUT2D eigenvalue weighted by molar-refractivity contribution is 0.400. The predicted molar refractivity (Wildman–Crippen MR) is 121 cm³/mol. The summed E-state index contributed by atoms with van der Waals surface area (Å²) in [6.07, 6.45) is 5.37. The molecule has 1 heterocycles. The molecule has 0 saturated heterocycles. The highest BCUT2D eigenvalue weighted by atomic mass is 16.5. The molecule has 4 rings (SSSR count). The summed E-state index contributed by atoms with van der Waals surface area (Å²) in [5, 5.41) is 0. The van der Waals surface area contributed by atoms with E-state index >= 15 is 0 Å². The Morgan fingerprint density at radius 3 is 2.31 bits per heavy atom. The van der Waals surface area contributed by atoms with Crippen LogP contribution in [-0.4, -0.2) is 12.1 Å². The first-order valence-corrected chi connectivity index (χ1v) is 10.9. The van der Waals surface area contributed by atoms with Crippen LogP contribution in [0, 0.1) is 6.92 Å². The molecule has 2 aromatic carbocycles. The maximum Gasteiger partial charge on any atom is 0.126 e. The molecule has 3 aromatic rings. The number of benzene rings is 2. The van der Waals surface area contributed by atoms with Gasteiger partial charge < -0.3 is 4.74 Å². The Bertz CT molecular complexity index is 999. The highest BCUT2D eigenvalue weighted by Crippen LogP contribution is 2.40. The Morgan fingerprint density at radius 2 is 1.66 bits per heavy atom. The van der Waals surface area contributed by atoms with Crippen LogP contribution in [0.2, 0.25) is 0 Å². The lowest BCUT2D eigenvalue weighted by atomic mass is 9.79. The second-order valence-corrected chi connectivity index (χ2v) is 8.08. The SMILES string of the molecule is CCc1cccc(CC)c1-c1cc(OC)c(C2CCc3ccccc3C2)c(C)n1. The molecule has 0 fully saturated rings. The molecular formula is C27H31NO. The van der Waals surface area contributed by atoms with Gasteiger partial charge in [0.25, 0.3) is 0 Å². The molecule has 1 aliphatic rings. The highest BCUT2D eigenvalue weighted by Gasteiger charge is 2.26. The van der Waals surface area contributed by atoms with Crippen molar-refractivity contribution in [3.8, 4) is 17.0 Å². The van der Waals surface area contributed by atoms with Gasteiger partial charge in [-0.3, -0.25) is 4.98 Å². The van der Waals surface area contributed by atoms with Gasteiger partial charge in [0, 0.05) is 22.9 Å². The smallest absolute Gasteiger partial charge is 0.126 e. The van der Waals surface area contributed by atoms with Crippen LogP contribution in [0.1, 0.15) is 59.7 Å². The largest absolute Gasteiger partial charge is 0.496 e. The molecule has 1 unspecified atom stereocenters. The molecule has 1 aromatic heterocycles. The molecule has 0 N–H and O–H groups in total. The summed E-state index contributed by atoms with van der Waals surface area (Å²) in [7, 11) is 1.80. The van der Waals surface area contributed by atoms with Gasteiger partial charge in [0.2, 0.25) is 0 Å². The summed E-state index contributed by atoms with van der Waals surface area (Å²) in [6.45, 7) is 6.59. The van der Waals surface area contributed by atoms with Crippen molar-refractivity contribution in [2.24, 2.45) is 0 Å². The average Bonchev–Trinajstić information content (AvgIpc) is 2.77. The minimum atomic E-state index is 0.466. The van der Waals surface area contributed by atoms with E-state index in [1.165, 1.54) is 33.4 Å². The fourth-order valence-electron chi connectivity index (χ4n) is 4.96. The molecular weight excluding hydrogens is 354 g/mol. The van der Waals surface area contributed by atoms with Gasteiger partial charge in [0.1, 0.15) is 5.75 Å². The van der Waals surface area contributed by atoms with Gasteiger partial charge in [-0.15, -0.1) is 0 Å². The first kappa shape index (κ1) is 19.7. The van der Waals surface area contributed by atoms with Gasteiger partial charge >= 0.3 is 0 Å². The van der Waals surface area contributed by atoms with Crippen molar-refractivity contribution in [1.29, 1.82) is 0 Å². The molecule has 2 nitrogen and oxygen atoms in total. The van der Waals surface area contributed by atoms with E-state index < -0.39 is 0 Å². The van der Waals surface area contributed by atoms with Gasteiger partial charge in [0.15, 0.2) is 0 Å². The lowest BCUT2D eigenvalue weighted by Gasteiger charge is -2.27. The Morgan fingerprint density at radius 1 is 0.966 bits per heavy atom. The van der Waals surface area contributed by atoms with E-state index in [0.717, 1.165) is 49.2 Å². The van der Waals surface area contributed by atoms with Crippen molar-refractivity contribution in [3.05, 3.63) is 82.0 Å². The molecule has 29 heavy (non-hydrogen) atoms. The van der Waals surface area contributed by atoms with E-state index in [4.69, 9.17) is 9.72 Å². The summed E-state index contributed by atoms with van der Waals surface area (Å²) in [5.41, 5.74) is 10.4. The number of ether oxygens (including phenoxy) is 1. The van der Waals surface area contributed by atoms with Crippen LogP contribution in [0.4, 0.5) is 0 Å². The summed E-state index contributed by atoms with van der Waals surface area (Å²) < 4.78 is 5.94. The van der Waals surface area contributed by atoms with Gasteiger partial charge in [-0.2, -0.15) is 0 Å². The number of rotatable bonds is 5. The Labute approximate surface area is 175 Å². The molecule has 0 radical (unpaired) electrons. The third-order valence-electron chi connectivity index (χ3n) is 6.44. The maximum absolute atomic E-state index is 5.94. The predicted octanol–water partition coefficient (Wildman–Crippen LogP) is 6.46. The summed E-state index contributed by atoms with van der Waals surface area (Å²) in [4.78, 5) is 5.12. The van der Waals surface area contributed by atoms with Crippen LogP contribution in [0.3, 0.4) is 0 Å². The molecule has 0 spiro atoms. The van der Waals surface area contributed by atoms with Crippen LogP contribution in [-0.2, 0) is 25.7 Å². The number of nitrogens with zero attached hydrogens (tertiary/aromatic N) is 1. The zero-order chi connectivity index (χ0) is 20.4. The van der Waals surface area contributed by atoms with Crippen molar-refractivity contribution >= 4 is 0 Å². The van der Waals surface area contributed by atoms with Crippen molar-refractivity contribution in [2.45, 2.75) is 58.8 Å². The zero-order valence-electron chi connectivity index (χ0n) is 18.1. The first-order valence-electron chi connectivity index (χ1n) is 10.9. The van der Waals surface area contributed by atoms with Crippen LogP contribution < -0.4 is 4.74 Å². The second kappa shape index (κ2) is 8.41. The zero-order valence-corrected chi connectivity index (χ0v) is 18.1. The number of hydrogen-bond acceptors (Lipinski definition) is 2. The van der Waals surface area contributed by atoms with Crippen LogP contribution >= 0.6 is 0 Å². The van der Waals surface area contributed by atoms with E-state index in [1.54, 1.807) is 7.11 Å². The van der Waals surface area contributed by atoms with Crippen molar-refractivity contribution in [2.75, 3.05) is 7.11 Å². The van der Waals surface area contributed by atoms with E-state index in [-0.39, 0.29) is 0 Å². The van der Waals surface area contributed by atoms with E-state index in [1.807, 2.05) is 0 Å². The van der Waals surface area contributed by atoms with Gasteiger partial charge in [-0.05, 0) is 67.2 Å². The monoisotopic (exact) mass is 385 g/mol. The molecule has 1 aliphatic carbocycles. The standard InChI is InChI=1S/C27H31NO/c1-5-19-12-9-13-20(6-2)27(19)24-17-25(29-4)26(18(3)28-24)23-15-14-21-10-7-8-11-22(21)16-23/h7-13,17,23H,5-6,14-16H2,1-4H3. The number of methoxy groups -OCH3 is 1. The van der Waals surface area contributed by atoms with Crippen molar-refractivity contribution < 1.29 is 4.74 Å². The van der Waals surface area contributed by atoms with Gasteiger partial charge in [0.05, 0.1) is 12.8 Å². The number of aromatic nitrogens is 1. The summed E-state index contributed by atoms with van der Waals surface area (Å²) >= 11 is 0. The topological polar surface area (TPSA) is 22.1 Å². The lowest BCUT2D eigenvalue weighted by Crippen LogP contribution is -2.15. The maximum atomic E-state index is 5.94. The second-order valence-electron chi connectivity index (χ2n) is 8.08. The van der Waals surface area contributed by atoms with E-state index in [9.17, 15) is 0 Å². The molecule has 1 atom stereocenters. The summed E-state index contributed by atoms with van der Waals surface area (Å²) in [5.74, 6) is 1.46. The van der Waals surface area contributed by atoms with E-state index in [0.29, 0.717) is 5.92 Å². The third-order valence-corrected chi connectivity index (χ3v) is 6.44. The average molecular weight is 386 g/mol. The van der Waals surface area contributed by atoms with Gasteiger partial charge in [-0.25, -0.2) is 0 Å². The summed E-state index contributed by atoms with van der Waals surface area (Å²) in [6, 6.07) is 17.6. The first-order chi connectivity index (χ1) is 14.2. The van der Waals surface area contributed by atoms with E-state index in [2.05, 4.69) is 69.3 Å². The fraction of sp³-hybridized carbons (Fsp3) is 0.370. The minimum Gasteiger partial charge on any atom is -0.496 e. The highest BCUT2D eigenvalue weighted by molar-refractivity contribution is 5.70. The van der Waals surface area contributed by atoms with Crippen LogP contribution in [0.5, 0.6) is 5.75 Å². The quantitative estimate of drug-likeness (QED) is 0.502. The molecule has 0 saturated carbocycles. The van der Waals surface area contributed by atoms with Crippen LogP contribution in [0.15, 0.2) is 48.5 Å². The van der Waals surface area contributed by atoms with Crippen molar-refractivity contribution in [3.63, 3.8) is 0 Å². The normalized spacial score (nSPS) is 15.8. The molecule has 150 valence electrons. The molecule has 0 amide bonds. The minimum absolute atomic E-state index is 0.466. The van der Waals surface area contributed by atoms with Crippen molar-refractivity contribution in [1.82, 2.24) is 4.98 Å². The Balaban J connectivity index is 1.79. The number of fused-ring (bicyclic) bond motifs is 1. The molecule has 0 bridgehead atoms. The third kappa shape index (κ3) is 3.69. The number of hydrogen-bond donors (Lipinski definition) is 0. The number of aryl methyl sites for hydroxylation is 4. The van der Waals surface area contributed by atoms with Gasteiger partial charge in [-0.1, -0.05) is 56.3 Å². The Kier molecular flexibility index (Phi) is 5.71. The molecule has 2 heteroatoms. The number of pyridine rings is 1.